The summed E-state index contributed by atoms with van der Waals surface area (Å²) in [5.41, 5.74) is -4.11. The third-order valence-corrected chi connectivity index (χ3v) is 5.47. The van der Waals surface area contributed by atoms with E-state index in [-0.39, 0.29) is 31.5 Å². The molecule has 2 aromatic heterocycles. The van der Waals surface area contributed by atoms with Gasteiger partial charge in [0, 0.05) is 57.6 Å². The molecule has 0 unspecified atom stereocenters. The first-order valence-electron chi connectivity index (χ1n) is 11.3. The van der Waals surface area contributed by atoms with E-state index in [9.17, 15) is 35.9 Å². The standard InChI is InChI=1S/C21H25F6N7O3/c1-13(31-15-11-30-32-18(36)17(15)21(25,26)27)12-37-8-2-3-16(35)33-4-6-34(7-5-33)19-28-9-14(10-29-19)20(22,23)24/h9-11,13H,2-8,12H2,1H3,(H2,31,32,36)/t13-/m0/s1. The first-order valence-corrected chi connectivity index (χ1v) is 11.3. The van der Waals surface area contributed by atoms with E-state index < -0.39 is 40.8 Å². The Morgan fingerprint density at radius 2 is 1.73 bits per heavy atom. The quantitative estimate of drug-likeness (QED) is 0.371. The van der Waals surface area contributed by atoms with E-state index in [1.165, 1.54) is 0 Å². The highest BCUT2D eigenvalue weighted by atomic mass is 19.4. The maximum Gasteiger partial charge on any atom is 0.423 e. The van der Waals surface area contributed by atoms with Crippen LogP contribution in [-0.2, 0) is 21.9 Å². The lowest BCUT2D eigenvalue weighted by atomic mass is 10.2. The zero-order chi connectivity index (χ0) is 27.2. The second kappa shape index (κ2) is 11.7. The van der Waals surface area contributed by atoms with Gasteiger partial charge in [-0.15, -0.1) is 0 Å². The Morgan fingerprint density at radius 1 is 1.08 bits per heavy atom. The summed E-state index contributed by atoms with van der Waals surface area (Å²) in [5, 5.41) is 7.71. The highest BCUT2D eigenvalue weighted by molar-refractivity contribution is 5.76. The molecule has 3 rings (SSSR count). The summed E-state index contributed by atoms with van der Waals surface area (Å²) in [7, 11) is 0. The van der Waals surface area contributed by atoms with Crippen molar-refractivity contribution in [1.29, 1.82) is 0 Å². The summed E-state index contributed by atoms with van der Waals surface area (Å²) in [6.07, 6.45) is -6.47. The zero-order valence-corrected chi connectivity index (χ0v) is 19.7. The van der Waals surface area contributed by atoms with Crippen LogP contribution in [0.25, 0.3) is 0 Å². The minimum Gasteiger partial charge on any atom is -0.379 e. The van der Waals surface area contributed by atoms with E-state index in [0.29, 0.717) is 32.6 Å². The minimum atomic E-state index is -4.85. The van der Waals surface area contributed by atoms with Crippen LogP contribution in [0.4, 0.5) is 38.0 Å². The highest BCUT2D eigenvalue weighted by Crippen LogP contribution is 2.31. The van der Waals surface area contributed by atoms with E-state index in [0.717, 1.165) is 18.6 Å². The number of H-pyrrole nitrogens is 1. The van der Waals surface area contributed by atoms with Crippen LogP contribution in [0.2, 0.25) is 0 Å². The first-order chi connectivity index (χ1) is 17.4. The van der Waals surface area contributed by atoms with Crippen molar-refractivity contribution in [3.8, 4) is 0 Å². The number of amides is 1. The van der Waals surface area contributed by atoms with Crippen molar-refractivity contribution in [2.75, 3.05) is 49.6 Å². The van der Waals surface area contributed by atoms with E-state index in [1.54, 1.807) is 21.8 Å². The minimum absolute atomic E-state index is 0.0318. The molecule has 1 aliphatic rings. The number of anilines is 2. The van der Waals surface area contributed by atoms with Crippen molar-refractivity contribution in [2.45, 2.75) is 38.2 Å². The molecular weight excluding hydrogens is 512 g/mol. The van der Waals surface area contributed by atoms with Crippen molar-refractivity contribution >= 4 is 17.5 Å². The van der Waals surface area contributed by atoms with Gasteiger partial charge in [-0.3, -0.25) is 9.59 Å². The molecule has 3 heterocycles. The molecule has 0 saturated carbocycles. The molecule has 0 aliphatic carbocycles. The fourth-order valence-corrected chi connectivity index (χ4v) is 3.63. The van der Waals surface area contributed by atoms with Crippen molar-refractivity contribution in [3.63, 3.8) is 0 Å². The van der Waals surface area contributed by atoms with Gasteiger partial charge in [-0.2, -0.15) is 31.4 Å². The number of alkyl halides is 6. The monoisotopic (exact) mass is 537 g/mol. The van der Waals surface area contributed by atoms with Crippen LogP contribution >= 0.6 is 0 Å². The maximum absolute atomic E-state index is 13.1. The van der Waals surface area contributed by atoms with Gasteiger partial charge in [-0.1, -0.05) is 0 Å². The number of halogens is 6. The van der Waals surface area contributed by atoms with E-state index in [2.05, 4.69) is 20.4 Å². The Balaban J connectivity index is 1.36. The maximum atomic E-state index is 13.1. The fourth-order valence-electron chi connectivity index (χ4n) is 3.63. The summed E-state index contributed by atoms with van der Waals surface area (Å²) in [4.78, 5) is 34.8. The Hall–Kier alpha value is -3.43. The molecule has 1 amide bonds. The number of carbonyl (C=O) groups is 1. The van der Waals surface area contributed by atoms with E-state index in [4.69, 9.17) is 4.74 Å². The molecule has 0 bridgehead atoms. The molecular formula is C21H25F6N7O3. The van der Waals surface area contributed by atoms with E-state index >= 15 is 0 Å². The molecule has 2 N–H and O–H groups in total. The summed E-state index contributed by atoms with van der Waals surface area (Å²) in [5.74, 6) is 0.0432. The third kappa shape index (κ3) is 7.77. The highest BCUT2D eigenvalue weighted by Gasteiger charge is 2.37. The summed E-state index contributed by atoms with van der Waals surface area (Å²) in [6, 6.07) is -0.569. The number of nitrogens with one attached hydrogen (secondary N) is 2. The van der Waals surface area contributed by atoms with Gasteiger partial charge in [-0.25, -0.2) is 15.1 Å². The van der Waals surface area contributed by atoms with Gasteiger partial charge in [0.05, 0.1) is 24.1 Å². The van der Waals surface area contributed by atoms with Crippen LogP contribution in [0.3, 0.4) is 0 Å². The van der Waals surface area contributed by atoms with Gasteiger partial charge in [0.15, 0.2) is 0 Å². The largest absolute Gasteiger partial charge is 0.423 e. The van der Waals surface area contributed by atoms with Crippen LogP contribution in [0.15, 0.2) is 23.4 Å². The number of rotatable bonds is 9. The number of nitrogens with zero attached hydrogens (tertiary/aromatic N) is 5. The van der Waals surface area contributed by atoms with Crippen LogP contribution in [0, 0.1) is 0 Å². The lowest BCUT2D eigenvalue weighted by molar-refractivity contribution is -0.139. The topological polar surface area (TPSA) is 116 Å². The number of hydrogen-bond donors (Lipinski definition) is 2. The average molecular weight is 537 g/mol. The molecule has 0 spiro atoms. The lowest BCUT2D eigenvalue weighted by Gasteiger charge is -2.34. The number of hydrogen-bond acceptors (Lipinski definition) is 8. The first kappa shape index (κ1) is 28.1. The van der Waals surface area contributed by atoms with Crippen molar-refractivity contribution < 1.29 is 35.9 Å². The molecule has 10 nitrogen and oxygen atoms in total. The number of piperazine rings is 1. The van der Waals surface area contributed by atoms with Gasteiger partial charge >= 0.3 is 12.4 Å². The molecule has 37 heavy (non-hydrogen) atoms. The van der Waals surface area contributed by atoms with Gasteiger partial charge in [0.2, 0.25) is 11.9 Å². The van der Waals surface area contributed by atoms with Gasteiger partial charge in [0.25, 0.3) is 5.56 Å². The molecule has 1 atom stereocenters. The zero-order valence-electron chi connectivity index (χ0n) is 19.7. The van der Waals surface area contributed by atoms with Crippen LogP contribution in [0.5, 0.6) is 0 Å². The molecule has 16 heteroatoms. The smallest absolute Gasteiger partial charge is 0.379 e. The SMILES string of the molecule is C[C@@H](COCCCC(=O)N1CCN(c2ncc(C(F)(F)F)cn2)CC1)Nc1cn[nH]c(=O)c1C(F)(F)F. The van der Waals surface area contributed by atoms with Crippen molar-refractivity contribution in [2.24, 2.45) is 0 Å². The lowest BCUT2D eigenvalue weighted by Crippen LogP contribution is -2.49. The Bertz CT molecular complexity index is 1100. The Morgan fingerprint density at radius 3 is 2.32 bits per heavy atom. The van der Waals surface area contributed by atoms with Gasteiger partial charge in [-0.05, 0) is 13.3 Å². The summed E-state index contributed by atoms with van der Waals surface area (Å²) in [6.45, 7) is 3.25. The van der Waals surface area contributed by atoms with E-state index in [1.807, 2.05) is 0 Å². The second-order valence-corrected chi connectivity index (χ2v) is 8.35. The molecule has 0 aromatic carbocycles. The summed E-state index contributed by atoms with van der Waals surface area (Å²) >= 11 is 0. The molecule has 1 saturated heterocycles. The fraction of sp³-hybridized carbons (Fsp3) is 0.571. The molecule has 2 aromatic rings. The van der Waals surface area contributed by atoms with Gasteiger partial charge < -0.3 is 19.9 Å². The number of carbonyl (C=O) groups excluding carboxylic acids is 1. The second-order valence-electron chi connectivity index (χ2n) is 8.35. The Labute approximate surface area is 207 Å². The van der Waals surface area contributed by atoms with Crippen LogP contribution < -0.4 is 15.8 Å². The third-order valence-electron chi connectivity index (χ3n) is 5.47. The van der Waals surface area contributed by atoms with Gasteiger partial charge in [0.1, 0.15) is 5.56 Å². The molecule has 1 aliphatic heterocycles. The molecule has 1 fully saturated rings. The number of aromatic nitrogens is 4. The number of aromatic amines is 1. The predicted octanol–water partition coefficient (Wildman–Crippen LogP) is 2.54. The van der Waals surface area contributed by atoms with Crippen molar-refractivity contribution in [3.05, 3.63) is 40.1 Å². The summed E-state index contributed by atoms with van der Waals surface area (Å²) < 4.78 is 82.7. The van der Waals surface area contributed by atoms with Crippen molar-refractivity contribution in [1.82, 2.24) is 25.1 Å². The molecule has 0 radical (unpaired) electrons. The predicted molar refractivity (Wildman–Crippen MR) is 119 cm³/mol. The normalized spacial score (nSPS) is 15.5. The molecule has 204 valence electrons. The Kier molecular flexibility index (Phi) is 8.94. The average Bonchev–Trinajstić information content (AvgIpc) is 2.82. The van der Waals surface area contributed by atoms with Crippen LogP contribution in [-0.4, -0.2) is 76.4 Å². The van der Waals surface area contributed by atoms with Crippen LogP contribution in [0.1, 0.15) is 30.9 Å². The number of ether oxygens (including phenoxy) is 1.